The highest BCUT2D eigenvalue weighted by molar-refractivity contribution is 7.92. The first kappa shape index (κ1) is 19.1. The molecule has 0 spiro atoms. The van der Waals surface area contributed by atoms with Crippen molar-refractivity contribution in [1.82, 2.24) is 5.32 Å². The maximum atomic E-state index is 12.6. The molecule has 0 unspecified atom stereocenters. The van der Waals surface area contributed by atoms with Crippen LogP contribution in [-0.2, 0) is 10.0 Å². The van der Waals surface area contributed by atoms with Gasteiger partial charge in [0.1, 0.15) is 5.75 Å². The first-order valence-electron chi connectivity index (χ1n) is 7.62. The third kappa shape index (κ3) is 4.64. The number of benzene rings is 2. The van der Waals surface area contributed by atoms with Crippen molar-refractivity contribution in [2.24, 2.45) is 0 Å². The normalized spacial score (nSPS) is 11.0. The molecule has 6 nitrogen and oxygen atoms in total. The zero-order valence-corrected chi connectivity index (χ0v) is 15.4. The quantitative estimate of drug-likeness (QED) is 0.769. The lowest BCUT2D eigenvalue weighted by molar-refractivity contribution is 0.0950. The van der Waals surface area contributed by atoms with Gasteiger partial charge in [-0.25, -0.2) is 8.42 Å². The zero-order chi connectivity index (χ0) is 18.4. The largest absolute Gasteiger partial charge is 0.496 e. The number of anilines is 1. The Balaban J connectivity index is 2.38. The fourth-order valence-electron chi connectivity index (χ4n) is 2.11. The van der Waals surface area contributed by atoms with Gasteiger partial charge in [0.05, 0.1) is 28.3 Å². The molecule has 0 fully saturated rings. The SMILES string of the molecule is CCCNC(=O)c1cc(S(=O)(=O)Nc2ccccc2Cl)ccc1OC. The van der Waals surface area contributed by atoms with Crippen LogP contribution in [0.25, 0.3) is 0 Å². The Morgan fingerprint density at radius 2 is 1.92 bits per heavy atom. The molecule has 2 N–H and O–H groups in total. The van der Waals surface area contributed by atoms with Crippen LogP contribution >= 0.6 is 11.6 Å². The van der Waals surface area contributed by atoms with Gasteiger partial charge in [-0.2, -0.15) is 0 Å². The lowest BCUT2D eigenvalue weighted by Gasteiger charge is -2.13. The summed E-state index contributed by atoms with van der Waals surface area (Å²) in [5.41, 5.74) is 0.412. The summed E-state index contributed by atoms with van der Waals surface area (Å²) < 4.78 is 32.8. The average Bonchev–Trinajstić information content (AvgIpc) is 2.60. The maximum absolute atomic E-state index is 12.6. The van der Waals surface area contributed by atoms with E-state index in [9.17, 15) is 13.2 Å². The molecule has 0 aliphatic rings. The van der Waals surface area contributed by atoms with Crippen molar-refractivity contribution in [3.63, 3.8) is 0 Å². The van der Waals surface area contributed by atoms with Crippen molar-refractivity contribution < 1.29 is 17.9 Å². The van der Waals surface area contributed by atoms with Crippen LogP contribution in [0.1, 0.15) is 23.7 Å². The predicted molar refractivity (Wildman–Crippen MR) is 97.9 cm³/mol. The van der Waals surface area contributed by atoms with Crippen LogP contribution in [0.15, 0.2) is 47.4 Å². The Bertz CT molecular complexity index is 869. The molecule has 134 valence electrons. The van der Waals surface area contributed by atoms with Gasteiger partial charge in [0.2, 0.25) is 0 Å². The maximum Gasteiger partial charge on any atom is 0.261 e. The Labute approximate surface area is 152 Å². The van der Waals surface area contributed by atoms with Gasteiger partial charge < -0.3 is 10.1 Å². The number of halogens is 1. The summed E-state index contributed by atoms with van der Waals surface area (Å²) in [6.45, 7) is 2.41. The van der Waals surface area contributed by atoms with Crippen LogP contribution in [0.5, 0.6) is 5.75 Å². The molecule has 0 aromatic heterocycles. The van der Waals surface area contributed by atoms with E-state index >= 15 is 0 Å². The van der Waals surface area contributed by atoms with Crippen molar-refractivity contribution >= 4 is 33.2 Å². The van der Waals surface area contributed by atoms with Gasteiger partial charge in [0.15, 0.2) is 0 Å². The van der Waals surface area contributed by atoms with Gasteiger partial charge in [0, 0.05) is 6.54 Å². The van der Waals surface area contributed by atoms with Crippen molar-refractivity contribution in [2.75, 3.05) is 18.4 Å². The summed E-state index contributed by atoms with van der Waals surface area (Å²) in [7, 11) is -2.49. The van der Waals surface area contributed by atoms with Crippen LogP contribution in [-0.4, -0.2) is 28.0 Å². The minimum Gasteiger partial charge on any atom is -0.496 e. The molecule has 0 aliphatic heterocycles. The van der Waals surface area contributed by atoms with Gasteiger partial charge in [-0.3, -0.25) is 9.52 Å². The number of hydrogen-bond acceptors (Lipinski definition) is 4. The number of nitrogens with one attached hydrogen (secondary N) is 2. The summed E-state index contributed by atoms with van der Waals surface area (Å²) in [5, 5.41) is 2.98. The van der Waals surface area contributed by atoms with Crippen molar-refractivity contribution in [1.29, 1.82) is 0 Å². The number of ether oxygens (including phenoxy) is 1. The lowest BCUT2D eigenvalue weighted by Crippen LogP contribution is -2.25. The number of methoxy groups -OCH3 is 1. The van der Waals surface area contributed by atoms with E-state index in [0.717, 1.165) is 6.42 Å². The molecule has 2 aromatic carbocycles. The van der Waals surface area contributed by atoms with E-state index in [4.69, 9.17) is 16.3 Å². The molecule has 25 heavy (non-hydrogen) atoms. The summed E-state index contributed by atoms with van der Waals surface area (Å²) in [6.07, 6.45) is 0.764. The first-order valence-corrected chi connectivity index (χ1v) is 9.48. The Hall–Kier alpha value is -2.25. The van der Waals surface area contributed by atoms with Crippen LogP contribution in [0.4, 0.5) is 5.69 Å². The second-order valence-corrected chi connectivity index (χ2v) is 7.29. The predicted octanol–water partition coefficient (Wildman–Crippen LogP) is 3.29. The second kappa shape index (κ2) is 8.22. The minimum atomic E-state index is -3.91. The van der Waals surface area contributed by atoms with E-state index in [1.165, 1.54) is 25.3 Å². The zero-order valence-electron chi connectivity index (χ0n) is 13.9. The standard InChI is InChI=1S/C17H19ClN2O4S/c1-3-10-19-17(21)13-11-12(8-9-16(13)24-2)25(22,23)20-15-7-5-4-6-14(15)18/h4-9,11,20H,3,10H2,1-2H3,(H,19,21). The molecule has 0 radical (unpaired) electrons. The third-order valence-electron chi connectivity index (χ3n) is 3.38. The van der Waals surface area contributed by atoms with Crippen LogP contribution in [0.3, 0.4) is 0 Å². The summed E-state index contributed by atoms with van der Waals surface area (Å²) in [6, 6.07) is 10.6. The smallest absolute Gasteiger partial charge is 0.261 e. The Morgan fingerprint density at radius 1 is 1.20 bits per heavy atom. The van der Waals surface area contributed by atoms with Gasteiger partial charge in [-0.15, -0.1) is 0 Å². The molecule has 0 bridgehead atoms. The molecular weight excluding hydrogens is 364 g/mol. The molecular formula is C17H19ClN2O4S. The van der Waals surface area contributed by atoms with E-state index in [0.29, 0.717) is 12.3 Å². The topological polar surface area (TPSA) is 84.5 Å². The number of carbonyl (C=O) groups is 1. The molecule has 0 heterocycles. The Kier molecular flexibility index (Phi) is 6.27. The summed E-state index contributed by atoms with van der Waals surface area (Å²) >= 11 is 5.99. The number of hydrogen-bond donors (Lipinski definition) is 2. The highest BCUT2D eigenvalue weighted by Crippen LogP contribution is 2.27. The van der Waals surface area contributed by atoms with E-state index in [-0.39, 0.29) is 21.2 Å². The molecule has 1 amide bonds. The molecule has 2 rings (SSSR count). The van der Waals surface area contributed by atoms with Crippen LogP contribution < -0.4 is 14.8 Å². The number of amides is 1. The van der Waals surface area contributed by atoms with Crippen LogP contribution in [0.2, 0.25) is 5.02 Å². The fraction of sp³-hybridized carbons (Fsp3) is 0.235. The lowest BCUT2D eigenvalue weighted by atomic mass is 10.2. The molecule has 8 heteroatoms. The minimum absolute atomic E-state index is 0.0603. The van der Waals surface area contributed by atoms with Crippen LogP contribution in [0, 0.1) is 0 Å². The second-order valence-electron chi connectivity index (χ2n) is 5.20. The highest BCUT2D eigenvalue weighted by Gasteiger charge is 2.20. The average molecular weight is 383 g/mol. The molecule has 0 saturated carbocycles. The third-order valence-corrected chi connectivity index (χ3v) is 5.07. The van der Waals surface area contributed by atoms with E-state index in [2.05, 4.69) is 10.0 Å². The first-order chi connectivity index (χ1) is 11.9. The van der Waals surface area contributed by atoms with Crippen molar-refractivity contribution in [3.8, 4) is 5.75 Å². The van der Waals surface area contributed by atoms with Crippen molar-refractivity contribution in [2.45, 2.75) is 18.2 Å². The van der Waals surface area contributed by atoms with E-state index < -0.39 is 15.9 Å². The van der Waals surface area contributed by atoms with Crippen molar-refractivity contribution in [3.05, 3.63) is 53.1 Å². The molecule has 2 aromatic rings. The van der Waals surface area contributed by atoms with Gasteiger partial charge >= 0.3 is 0 Å². The number of carbonyl (C=O) groups excluding carboxylic acids is 1. The van der Waals surface area contributed by atoms with Gasteiger partial charge in [0.25, 0.3) is 15.9 Å². The van der Waals surface area contributed by atoms with Gasteiger partial charge in [-0.05, 0) is 36.8 Å². The number of sulfonamides is 1. The summed E-state index contributed by atoms with van der Waals surface area (Å²) in [4.78, 5) is 12.2. The monoisotopic (exact) mass is 382 g/mol. The van der Waals surface area contributed by atoms with E-state index in [1.54, 1.807) is 24.3 Å². The Morgan fingerprint density at radius 3 is 2.56 bits per heavy atom. The molecule has 0 aliphatic carbocycles. The summed E-state index contributed by atoms with van der Waals surface area (Å²) in [5.74, 6) is -0.0983. The highest BCUT2D eigenvalue weighted by atomic mass is 35.5. The molecule has 0 atom stereocenters. The van der Waals surface area contributed by atoms with Gasteiger partial charge in [-0.1, -0.05) is 30.7 Å². The number of rotatable bonds is 7. The number of para-hydroxylation sites is 1. The molecule has 0 saturated heterocycles. The fourth-order valence-corrected chi connectivity index (χ4v) is 3.46. The van der Waals surface area contributed by atoms with E-state index in [1.807, 2.05) is 6.92 Å².